The van der Waals surface area contributed by atoms with Gasteiger partial charge in [0.25, 0.3) is 0 Å². The van der Waals surface area contributed by atoms with Crippen molar-refractivity contribution >= 4 is 5.97 Å². The molecule has 1 fully saturated rings. The Labute approximate surface area is 111 Å². The SMILES string of the molecule is O=C(O)CCC1(c2ccc3c(c2)OCCO3)COC1. The standard InChI is InChI=1S/C14H16O5/c15-13(16)3-4-14(8-17-9-14)10-1-2-11-12(7-10)19-6-5-18-11/h1-2,7H,3-6,8-9H2,(H,15,16). The zero-order chi connectivity index (χ0) is 13.3. The first kappa shape index (κ1) is 12.3. The van der Waals surface area contributed by atoms with E-state index in [9.17, 15) is 4.79 Å². The summed E-state index contributed by atoms with van der Waals surface area (Å²) in [7, 11) is 0. The molecule has 2 aliphatic rings. The predicted molar refractivity (Wildman–Crippen MR) is 66.8 cm³/mol. The van der Waals surface area contributed by atoms with Crippen molar-refractivity contribution in [1.29, 1.82) is 0 Å². The fourth-order valence-electron chi connectivity index (χ4n) is 2.52. The van der Waals surface area contributed by atoms with E-state index in [4.69, 9.17) is 19.3 Å². The Morgan fingerprint density at radius 1 is 1.21 bits per heavy atom. The number of ether oxygens (including phenoxy) is 3. The number of aliphatic carboxylic acids is 1. The van der Waals surface area contributed by atoms with Gasteiger partial charge >= 0.3 is 5.97 Å². The molecule has 0 atom stereocenters. The minimum Gasteiger partial charge on any atom is -0.486 e. The summed E-state index contributed by atoms with van der Waals surface area (Å²) in [5.74, 6) is 0.720. The van der Waals surface area contributed by atoms with Gasteiger partial charge in [-0.1, -0.05) is 6.07 Å². The van der Waals surface area contributed by atoms with E-state index in [1.165, 1.54) is 0 Å². The molecular formula is C14H16O5. The number of fused-ring (bicyclic) bond motifs is 1. The van der Waals surface area contributed by atoms with E-state index in [2.05, 4.69) is 0 Å². The van der Waals surface area contributed by atoms with Gasteiger partial charge in [-0.25, -0.2) is 0 Å². The lowest BCUT2D eigenvalue weighted by Gasteiger charge is -2.42. The molecule has 1 aromatic carbocycles. The van der Waals surface area contributed by atoms with Gasteiger partial charge in [-0.05, 0) is 24.1 Å². The number of carbonyl (C=O) groups is 1. The number of hydrogen-bond donors (Lipinski definition) is 1. The summed E-state index contributed by atoms with van der Waals surface area (Å²) in [6.45, 7) is 2.26. The van der Waals surface area contributed by atoms with Crippen LogP contribution in [0.4, 0.5) is 0 Å². The maximum absolute atomic E-state index is 10.8. The highest BCUT2D eigenvalue weighted by molar-refractivity contribution is 5.67. The van der Waals surface area contributed by atoms with Gasteiger partial charge in [-0.3, -0.25) is 4.79 Å². The Hall–Kier alpha value is -1.75. The molecule has 0 aliphatic carbocycles. The molecule has 0 spiro atoms. The molecule has 5 heteroatoms. The topological polar surface area (TPSA) is 65.0 Å². The van der Waals surface area contributed by atoms with Crippen LogP contribution in [-0.4, -0.2) is 37.5 Å². The van der Waals surface area contributed by atoms with E-state index in [0.717, 1.165) is 17.1 Å². The van der Waals surface area contributed by atoms with Crippen molar-refractivity contribution in [3.8, 4) is 11.5 Å². The van der Waals surface area contributed by atoms with Crippen LogP contribution in [0.2, 0.25) is 0 Å². The number of hydrogen-bond acceptors (Lipinski definition) is 4. The molecule has 1 N–H and O–H groups in total. The second-order valence-corrected chi connectivity index (χ2v) is 5.03. The minimum absolute atomic E-state index is 0.151. The maximum Gasteiger partial charge on any atom is 0.303 e. The second-order valence-electron chi connectivity index (χ2n) is 5.03. The zero-order valence-electron chi connectivity index (χ0n) is 10.6. The van der Waals surface area contributed by atoms with Gasteiger partial charge in [0.1, 0.15) is 13.2 Å². The van der Waals surface area contributed by atoms with Crippen molar-refractivity contribution in [3.63, 3.8) is 0 Å². The highest BCUT2D eigenvalue weighted by Crippen LogP contribution is 2.41. The lowest BCUT2D eigenvalue weighted by Crippen LogP contribution is -2.47. The molecule has 0 unspecified atom stereocenters. The van der Waals surface area contributed by atoms with Gasteiger partial charge in [0.2, 0.25) is 0 Å². The molecule has 0 radical (unpaired) electrons. The first-order valence-corrected chi connectivity index (χ1v) is 6.39. The van der Waals surface area contributed by atoms with Crippen LogP contribution in [0.5, 0.6) is 11.5 Å². The van der Waals surface area contributed by atoms with Crippen LogP contribution in [0.1, 0.15) is 18.4 Å². The van der Waals surface area contributed by atoms with Crippen molar-refractivity contribution in [2.24, 2.45) is 0 Å². The molecule has 3 rings (SSSR count). The summed E-state index contributed by atoms with van der Waals surface area (Å²) in [5, 5.41) is 8.85. The van der Waals surface area contributed by atoms with Crippen molar-refractivity contribution in [2.45, 2.75) is 18.3 Å². The zero-order valence-corrected chi connectivity index (χ0v) is 10.6. The molecule has 0 bridgehead atoms. The molecule has 1 saturated heterocycles. The highest BCUT2D eigenvalue weighted by atomic mass is 16.6. The number of rotatable bonds is 4. The summed E-state index contributed by atoms with van der Waals surface area (Å²) in [5.41, 5.74) is 0.887. The van der Waals surface area contributed by atoms with E-state index in [0.29, 0.717) is 32.8 Å². The third-order valence-electron chi connectivity index (χ3n) is 3.73. The highest BCUT2D eigenvalue weighted by Gasteiger charge is 2.41. The van der Waals surface area contributed by atoms with Crippen molar-refractivity contribution < 1.29 is 24.1 Å². The summed E-state index contributed by atoms with van der Waals surface area (Å²) >= 11 is 0. The second kappa shape index (κ2) is 4.74. The Kier molecular flexibility index (Phi) is 3.06. The third kappa shape index (κ3) is 2.26. The van der Waals surface area contributed by atoms with E-state index < -0.39 is 5.97 Å². The molecule has 2 aliphatic heterocycles. The van der Waals surface area contributed by atoms with Gasteiger partial charge in [0.15, 0.2) is 11.5 Å². The van der Waals surface area contributed by atoms with E-state index in [1.807, 2.05) is 18.2 Å². The smallest absolute Gasteiger partial charge is 0.303 e. The third-order valence-corrected chi connectivity index (χ3v) is 3.73. The molecule has 0 saturated carbocycles. The monoisotopic (exact) mass is 264 g/mol. The molecule has 19 heavy (non-hydrogen) atoms. The molecule has 2 heterocycles. The molecule has 102 valence electrons. The van der Waals surface area contributed by atoms with E-state index >= 15 is 0 Å². The van der Waals surface area contributed by atoms with Crippen LogP contribution in [-0.2, 0) is 14.9 Å². The van der Waals surface area contributed by atoms with Crippen LogP contribution in [0.15, 0.2) is 18.2 Å². The van der Waals surface area contributed by atoms with Crippen molar-refractivity contribution in [1.82, 2.24) is 0 Å². The fraction of sp³-hybridized carbons (Fsp3) is 0.500. The predicted octanol–water partition coefficient (Wildman–Crippen LogP) is 1.59. The first-order valence-electron chi connectivity index (χ1n) is 6.39. The Bertz CT molecular complexity index is 493. The number of carboxylic acids is 1. The van der Waals surface area contributed by atoms with Crippen molar-refractivity contribution in [3.05, 3.63) is 23.8 Å². The fourth-order valence-corrected chi connectivity index (χ4v) is 2.52. The normalized spacial score (nSPS) is 19.6. The van der Waals surface area contributed by atoms with Crippen LogP contribution >= 0.6 is 0 Å². The molecular weight excluding hydrogens is 248 g/mol. The van der Waals surface area contributed by atoms with Crippen LogP contribution in [0.3, 0.4) is 0 Å². The number of benzene rings is 1. The quantitative estimate of drug-likeness (QED) is 0.894. The average Bonchev–Trinajstić information content (AvgIpc) is 2.37. The minimum atomic E-state index is -0.774. The van der Waals surface area contributed by atoms with Gasteiger partial charge in [-0.2, -0.15) is 0 Å². The Morgan fingerprint density at radius 3 is 2.58 bits per heavy atom. The van der Waals surface area contributed by atoms with Crippen molar-refractivity contribution in [2.75, 3.05) is 26.4 Å². The van der Waals surface area contributed by atoms with E-state index in [1.54, 1.807) is 0 Å². The van der Waals surface area contributed by atoms with Gasteiger partial charge < -0.3 is 19.3 Å². The number of carboxylic acid groups (broad SMARTS) is 1. The Morgan fingerprint density at radius 2 is 1.95 bits per heavy atom. The average molecular weight is 264 g/mol. The molecule has 0 amide bonds. The summed E-state index contributed by atoms with van der Waals surface area (Å²) in [4.78, 5) is 10.8. The summed E-state index contributed by atoms with van der Waals surface area (Å²) in [6.07, 6.45) is 0.736. The van der Waals surface area contributed by atoms with Gasteiger partial charge in [0, 0.05) is 11.8 Å². The Balaban J connectivity index is 1.85. The maximum atomic E-state index is 10.8. The molecule has 1 aromatic rings. The molecule has 0 aromatic heterocycles. The first-order chi connectivity index (χ1) is 9.20. The summed E-state index contributed by atoms with van der Waals surface area (Å²) in [6, 6.07) is 5.83. The van der Waals surface area contributed by atoms with Gasteiger partial charge in [0.05, 0.1) is 13.2 Å². The van der Waals surface area contributed by atoms with Gasteiger partial charge in [-0.15, -0.1) is 0 Å². The lowest BCUT2D eigenvalue weighted by atomic mass is 9.75. The van der Waals surface area contributed by atoms with E-state index in [-0.39, 0.29) is 11.8 Å². The largest absolute Gasteiger partial charge is 0.486 e. The molecule has 5 nitrogen and oxygen atoms in total. The summed E-state index contributed by atoms with van der Waals surface area (Å²) < 4.78 is 16.4. The van der Waals surface area contributed by atoms with Crippen LogP contribution < -0.4 is 9.47 Å². The van der Waals surface area contributed by atoms with Crippen LogP contribution in [0, 0.1) is 0 Å². The van der Waals surface area contributed by atoms with Crippen LogP contribution in [0.25, 0.3) is 0 Å². The lowest BCUT2D eigenvalue weighted by molar-refractivity contribution is -0.139.